The van der Waals surface area contributed by atoms with Crippen LogP contribution in [0.15, 0.2) is 67.3 Å². The van der Waals surface area contributed by atoms with E-state index in [0.717, 1.165) is 33.1 Å². The molecule has 224 valence electrons. The van der Waals surface area contributed by atoms with Crippen LogP contribution in [0.2, 0.25) is 0 Å². The number of halogens is 1. The van der Waals surface area contributed by atoms with Crippen LogP contribution in [-0.2, 0) is 4.79 Å². The third kappa shape index (κ3) is 6.28. The van der Waals surface area contributed by atoms with Crippen LogP contribution in [-0.4, -0.2) is 68.2 Å². The van der Waals surface area contributed by atoms with Crippen molar-refractivity contribution in [3.8, 4) is 39.7 Å². The predicted octanol–water partition coefficient (Wildman–Crippen LogP) is 6.29. The highest BCUT2D eigenvalue weighted by Gasteiger charge is 2.17. The molecule has 0 atom stereocenters. The molecule has 0 saturated carbocycles. The van der Waals surface area contributed by atoms with Crippen LogP contribution in [0.1, 0.15) is 20.3 Å². The lowest BCUT2D eigenvalue weighted by Crippen LogP contribution is -2.19. The summed E-state index contributed by atoms with van der Waals surface area (Å²) in [6.07, 6.45) is 7.19. The molecule has 6 aromatic rings. The van der Waals surface area contributed by atoms with Gasteiger partial charge in [-0.05, 0) is 56.4 Å². The Kier molecular flexibility index (Phi) is 8.03. The van der Waals surface area contributed by atoms with Crippen molar-refractivity contribution < 1.29 is 13.9 Å². The number of ether oxygens (including phenoxy) is 1. The third-order valence-electron chi connectivity index (χ3n) is 7.11. The van der Waals surface area contributed by atoms with Crippen LogP contribution in [0, 0.1) is 11.7 Å². The van der Waals surface area contributed by atoms with E-state index in [0.29, 0.717) is 53.7 Å². The normalized spacial score (nSPS) is 11.6. The van der Waals surface area contributed by atoms with Crippen molar-refractivity contribution in [3.05, 3.63) is 73.1 Å². The Morgan fingerprint density at radius 1 is 0.977 bits per heavy atom. The van der Waals surface area contributed by atoms with Crippen molar-refractivity contribution in [1.29, 1.82) is 0 Å². The number of anilines is 1. The van der Waals surface area contributed by atoms with Crippen molar-refractivity contribution in [2.75, 3.05) is 32.6 Å². The summed E-state index contributed by atoms with van der Waals surface area (Å²) in [5, 5.41) is 12.2. The van der Waals surface area contributed by atoms with E-state index in [1.54, 1.807) is 24.8 Å². The lowest BCUT2D eigenvalue weighted by atomic mass is 10.1. The molecular formula is C33H33FN8O2. The summed E-state index contributed by atoms with van der Waals surface area (Å²) in [7, 11) is 3.92. The Balaban J connectivity index is 1.33. The van der Waals surface area contributed by atoms with Gasteiger partial charge in [0.25, 0.3) is 0 Å². The van der Waals surface area contributed by atoms with E-state index in [1.165, 1.54) is 12.1 Å². The van der Waals surface area contributed by atoms with Gasteiger partial charge in [0.2, 0.25) is 5.91 Å². The highest BCUT2D eigenvalue weighted by molar-refractivity contribution is 6.00. The van der Waals surface area contributed by atoms with E-state index in [9.17, 15) is 9.18 Å². The fourth-order valence-corrected chi connectivity index (χ4v) is 5.05. The summed E-state index contributed by atoms with van der Waals surface area (Å²) >= 11 is 0. The van der Waals surface area contributed by atoms with E-state index in [-0.39, 0.29) is 11.8 Å². The molecular weight excluding hydrogens is 559 g/mol. The molecule has 0 bridgehead atoms. The summed E-state index contributed by atoms with van der Waals surface area (Å²) in [6, 6.07) is 12.3. The molecule has 6 rings (SSSR count). The van der Waals surface area contributed by atoms with E-state index >= 15 is 0 Å². The van der Waals surface area contributed by atoms with Gasteiger partial charge in [-0.3, -0.25) is 24.8 Å². The number of carbonyl (C=O) groups is 1. The maximum absolute atomic E-state index is 14.6. The van der Waals surface area contributed by atoms with Gasteiger partial charge in [-0.25, -0.2) is 4.39 Å². The number of hydrogen-bond donors (Lipinski definition) is 3. The minimum atomic E-state index is -0.395. The van der Waals surface area contributed by atoms with Crippen LogP contribution in [0.3, 0.4) is 0 Å². The summed E-state index contributed by atoms with van der Waals surface area (Å²) in [6.45, 7) is 5.16. The van der Waals surface area contributed by atoms with Crippen LogP contribution >= 0.6 is 0 Å². The highest BCUT2D eigenvalue weighted by Crippen LogP contribution is 2.35. The van der Waals surface area contributed by atoms with E-state index in [4.69, 9.17) is 4.74 Å². The number of aromatic amines is 2. The average molecular weight is 593 g/mol. The molecule has 1 aromatic carbocycles. The number of likely N-dealkylation sites (N-methyl/N-ethyl adjacent to an activating group) is 1. The molecule has 3 N–H and O–H groups in total. The molecule has 1 amide bonds. The minimum absolute atomic E-state index is 0.0570. The van der Waals surface area contributed by atoms with Gasteiger partial charge in [-0.15, -0.1) is 0 Å². The fraction of sp³-hybridized carbons (Fsp3) is 0.242. The van der Waals surface area contributed by atoms with Gasteiger partial charge in [-0.2, -0.15) is 5.10 Å². The number of rotatable bonds is 10. The van der Waals surface area contributed by atoms with Gasteiger partial charge < -0.3 is 19.9 Å². The van der Waals surface area contributed by atoms with Gasteiger partial charge in [0, 0.05) is 58.8 Å². The first-order valence-electron chi connectivity index (χ1n) is 14.4. The van der Waals surface area contributed by atoms with Gasteiger partial charge in [0.1, 0.15) is 23.9 Å². The summed E-state index contributed by atoms with van der Waals surface area (Å²) in [5.41, 5.74) is 6.38. The highest BCUT2D eigenvalue weighted by atomic mass is 19.1. The number of fused-ring (bicyclic) bond motifs is 2. The zero-order chi connectivity index (χ0) is 30.8. The number of H-pyrrole nitrogens is 2. The second kappa shape index (κ2) is 12.2. The molecule has 0 spiro atoms. The van der Waals surface area contributed by atoms with Crippen molar-refractivity contribution in [3.63, 3.8) is 0 Å². The number of carbonyl (C=O) groups excluding carboxylic acids is 1. The van der Waals surface area contributed by atoms with Crippen molar-refractivity contribution in [1.82, 2.24) is 35.0 Å². The Morgan fingerprint density at radius 3 is 2.64 bits per heavy atom. The number of nitrogens with zero attached hydrogens (tertiary/aromatic N) is 5. The van der Waals surface area contributed by atoms with E-state index in [2.05, 4.69) is 35.5 Å². The topological polar surface area (TPSA) is 125 Å². The molecule has 0 unspecified atom stereocenters. The van der Waals surface area contributed by atoms with Crippen LogP contribution in [0.4, 0.5) is 10.1 Å². The van der Waals surface area contributed by atoms with Gasteiger partial charge in [0.05, 0.1) is 40.7 Å². The van der Waals surface area contributed by atoms with Gasteiger partial charge in [-0.1, -0.05) is 13.8 Å². The molecule has 0 aliphatic heterocycles. The first kappa shape index (κ1) is 28.9. The maximum atomic E-state index is 14.6. The first-order valence-corrected chi connectivity index (χ1v) is 14.4. The second-order valence-electron chi connectivity index (χ2n) is 11.4. The first-order chi connectivity index (χ1) is 21.2. The third-order valence-corrected chi connectivity index (χ3v) is 7.11. The Labute approximate surface area is 253 Å². The lowest BCUT2D eigenvalue weighted by Gasteiger charge is -2.12. The van der Waals surface area contributed by atoms with Gasteiger partial charge in [0.15, 0.2) is 0 Å². The Hall–Kier alpha value is -5.16. The molecule has 5 heterocycles. The molecule has 0 radical (unpaired) electrons. The SMILES string of the molecule is CC(C)CC(=O)Nc1cncc(-c2cc3c(-c4cc5c(-c6cc(F)cc(OCCN(C)C)c6)nccc5[nH]4)n[nH]c3cn2)c1. The zero-order valence-corrected chi connectivity index (χ0v) is 25.0. The van der Waals surface area contributed by atoms with Crippen molar-refractivity contribution in [2.45, 2.75) is 20.3 Å². The molecule has 0 saturated heterocycles. The lowest BCUT2D eigenvalue weighted by molar-refractivity contribution is -0.116. The molecule has 11 heteroatoms. The Bertz CT molecular complexity index is 1960. The number of benzene rings is 1. The molecule has 0 aliphatic carbocycles. The molecule has 5 aromatic heterocycles. The predicted molar refractivity (Wildman–Crippen MR) is 170 cm³/mol. The number of nitrogens with one attached hydrogen (secondary N) is 3. The summed E-state index contributed by atoms with van der Waals surface area (Å²) in [5.74, 6) is 0.254. The monoisotopic (exact) mass is 592 g/mol. The van der Waals surface area contributed by atoms with Crippen molar-refractivity contribution >= 4 is 33.4 Å². The smallest absolute Gasteiger partial charge is 0.224 e. The second-order valence-corrected chi connectivity index (χ2v) is 11.4. The van der Waals surface area contributed by atoms with E-state index in [1.807, 2.05) is 63.2 Å². The van der Waals surface area contributed by atoms with Crippen LogP contribution in [0.5, 0.6) is 5.75 Å². The molecule has 44 heavy (non-hydrogen) atoms. The standard InChI is InChI=1S/C33H33FN8O2/c1-19(2)9-31(43)38-23-11-21(16-35-17-23)28-14-26-30(18-37-28)40-41-33(26)29-15-25-27(39-29)5-6-36-32(25)20-10-22(34)13-24(12-20)44-8-7-42(3)4/h5-6,10-19,39H,7-9H2,1-4H3,(H,38,43)(H,40,41). The molecule has 0 aliphatic rings. The largest absolute Gasteiger partial charge is 0.492 e. The zero-order valence-electron chi connectivity index (χ0n) is 25.0. The van der Waals surface area contributed by atoms with Crippen molar-refractivity contribution in [2.24, 2.45) is 5.92 Å². The number of pyridine rings is 3. The molecule has 0 fully saturated rings. The molecule has 10 nitrogen and oxygen atoms in total. The maximum Gasteiger partial charge on any atom is 0.224 e. The number of aromatic nitrogens is 6. The minimum Gasteiger partial charge on any atom is -0.492 e. The number of amides is 1. The quantitative estimate of drug-likeness (QED) is 0.171. The summed E-state index contributed by atoms with van der Waals surface area (Å²) in [4.78, 5) is 31.3. The number of hydrogen-bond acceptors (Lipinski definition) is 7. The van der Waals surface area contributed by atoms with Crippen LogP contribution < -0.4 is 10.1 Å². The average Bonchev–Trinajstić information content (AvgIpc) is 3.60. The van der Waals surface area contributed by atoms with Gasteiger partial charge >= 0.3 is 0 Å². The van der Waals surface area contributed by atoms with E-state index < -0.39 is 5.82 Å². The Morgan fingerprint density at radius 2 is 1.82 bits per heavy atom. The fourth-order valence-electron chi connectivity index (χ4n) is 5.05. The summed E-state index contributed by atoms with van der Waals surface area (Å²) < 4.78 is 20.5. The van der Waals surface area contributed by atoms with Crippen LogP contribution in [0.25, 0.3) is 55.7 Å².